The van der Waals surface area contributed by atoms with Crippen molar-refractivity contribution >= 4 is 5.96 Å². The molecule has 1 aliphatic heterocycles. The number of piperazine rings is 1. The van der Waals surface area contributed by atoms with Crippen LogP contribution in [0.1, 0.15) is 19.4 Å². The monoisotopic (exact) mass is 377 g/mol. The number of hydrogen-bond acceptors (Lipinski definition) is 5. The minimum Gasteiger partial charge on any atom is -0.497 e. The lowest BCUT2D eigenvalue weighted by Crippen LogP contribution is -2.49. The Morgan fingerprint density at radius 2 is 1.78 bits per heavy atom. The molecule has 2 rings (SSSR count). The molecule has 0 saturated carbocycles. The van der Waals surface area contributed by atoms with E-state index in [1.54, 1.807) is 14.2 Å². The van der Waals surface area contributed by atoms with E-state index in [0.29, 0.717) is 6.54 Å². The summed E-state index contributed by atoms with van der Waals surface area (Å²) in [6.45, 7) is 13.4. The molecule has 0 atom stereocenters. The van der Waals surface area contributed by atoms with Gasteiger partial charge in [0.15, 0.2) is 5.96 Å². The fourth-order valence-corrected chi connectivity index (χ4v) is 3.15. The molecule has 1 saturated heterocycles. The molecular formula is C20H35N5O2. The zero-order valence-corrected chi connectivity index (χ0v) is 17.3. The Bertz CT molecular complexity index is 586. The highest BCUT2D eigenvalue weighted by atomic mass is 16.5. The van der Waals surface area contributed by atoms with Crippen molar-refractivity contribution < 1.29 is 9.47 Å². The lowest BCUT2D eigenvalue weighted by molar-refractivity contribution is 0.139. The highest BCUT2D eigenvalue weighted by Crippen LogP contribution is 2.25. The predicted octanol–water partition coefficient (Wildman–Crippen LogP) is 1.40. The second-order valence-electron chi connectivity index (χ2n) is 6.58. The van der Waals surface area contributed by atoms with E-state index in [9.17, 15) is 0 Å². The van der Waals surface area contributed by atoms with Gasteiger partial charge in [0.25, 0.3) is 0 Å². The van der Waals surface area contributed by atoms with Crippen molar-refractivity contribution in [2.45, 2.75) is 20.4 Å². The predicted molar refractivity (Wildman–Crippen MR) is 111 cm³/mol. The highest BCUT2D eigenvalue weighted by molar-refractivity contribution is 5.79. The second-order valence-corrected chi connectivity index (χ2v) is 6.58. The zero-order chi connectivity index (χ0) is 19.5. The zero-order valence-electron chi connectivity index (χ0n) is 17.3. The van der Waals surface area contributed by atoms with Gasteiger partial charge in [-0.15, -0.1) is 0 Å². The number of rotatable bonds is 9. The van der Waals surface area contributed by atoms with E-state index in [1.807, 2.05) is 18.2 Å². The second kappa shape index (κ2) is 11.7. The molecular weight excluding hydrogens is 342 g/mol. The molecule has 0 aliphatic carbocycles. The van der Waals surface area contributed by atoms with Crippen LogP contribution in [-0.2, 0) is 6.54 Å². The standard InChI is InChI=1S/C20H35N5O2/c1-5-21-20(22-9-10-25-13-11-24(6-2)12-14-25)23-16-17-7-8-18(26-3)15-19(17)27-4/h7-8,15H,5-6,9-14,16H2,1-4H3,(H2,21,22,23). The molecule has 0 aromatic heterocycles. The third kappa shape index (κ3) is 6.92. The Labute approximate surface area is 163 Å². The van der Waals surface area contributed by atoms with Crippen LogP contribution >= 0.6 is 0 Å². The van der Waals surface area contributed by atoms with Crippen LogP contribution in [-0.4, -0.2) is 82.3 Å². The topological polar surface area (TPSA) is 61.4 Å². The summed E-state index contributed by atoms with van der Waals surface area (Å²) in [5.74, 6) is 2.41. The van der Waals surface area contributed by atoms with Crippen LogP contribution in [0, 0.1) is 0 Å². The van der Waals surface area contributed by atoms with Crippen molar-refractivity contribution in [2.75, 3.05) is 66.6 Å². The van der Waals surface area contributed by atoms with Gasteiger partial charge in [0.05, 0.1) is 20.8 Å². The third-order valence-electron chi connectivity index (χ3n) is 4.88. The van der Waals surface area contributed by atoms with Gasteiger partial charge < -0.3 is 25.0 Å². The van der Waals surface area contributed by atoms with E-state index in [4.69, 9.17) is 14.5 Å². The van der Waals surface area contributed by atoms with Crippen molar-refractivity contribution in [1.29, 1.82) is 0 Å². The number of hydrogen-bond donors (Lipinski definition) is 2. The molecule has 1 fully saturated rings. The Kier molecular flexibility index (Phi) is 9.21. The maximum Gasteiger partial charge on any atom is 0.191 e. The van der Waals surface area contributed by atoms with Crippen LogP contribution in [0.25, 0.3) is 0 Å². The number of ether oxygens (including phenoxy) is 2. The van der Waals surface area contributed by atoms with Gasteiger partial charge in [0.2, 0.25) is 0 Å². The molecule has 1 heterocycles. The van der Waals surface area contributed by atoms with Crippen molar-refractivity contribution in [1.82, 2.24) is 20.4 Å². The molecule has 2 N–H and O–H groups in total. The Hall–Kier alpha value is -1.99. The first-order valence-corrected chi connectivity index (χ1v) is 9.87. The van der Waals surface area contributed by atoms with E-state index in [2.05, 4.69) is 34.3 Å². The number of guanidine groups is 1. The Morgan fingerprint density at radius 1 is 1.04 bits per heavy atom. The molecule has 152 valence electrons. The van der Waals surface area contributed by atoms with Crippen molar-refractivity contribution in [3.05, 3.63) is 23.8 Å². The SMILES string of the molecule is CCNC(=NCc1ccc(OC)cc1OC)NCCN1CCN(CC)CC1. The molecule has 7 nitrogen and oxygen atoms in total. The average Bonchev–Trinajstić information content (AvgIpc) is 2.72. The fraction of sp³-hybridized carbons (Fsp3) is 0.650. The lowest BCUT2D eigenvalue weighted by atomic mass is 10.2. The number of methoxy groups -OCH3 is 2. The van der Waals surface area contributed by atoms with Gasteiger partial charge in [-0.2, -0.15) is 0 Å². The fourth-order valence-electron chi connectivity index (χ4n) is 3.15. The maximum absolute atomic E-state index is 5.46. The molecule has 0 radical (unpaired) electrons. The van der Waals surface area contributed by atoms with E-state index >= 15 is 0 Å². The van der Waals surface area contributed by atoms with Crippen LogP contribution < -0.4 is 20.1 Å². The number of nitrogens with zero attached hydrogens (tertiary/aromatic N) is 3. The van der Waals surface area contributed by atoms with Gasteiger partial charge in [-0.25, -0.2) is 4.99 Å². The molecule has 0 amide bonds. The number of likely N-dealkylation sites (N-methyl/N-ethyl adjacent to an activating group) is 1. The number of aliphatic imine (C=N–C) groups is 1. The summed E-state index contributed by atoms with van der Waals surface area (Å²) < 4.78 is 10.7. The van der Waals surface area contributed by atoms with Crippen LogP contribution in [0.2, 0.25) is 0 Å². The van der Waals surface area contributed by atoms with Crippen molar-refractivity contribution in [2.24, 2.45) is 4.99 Å². The average molecular weight is 378 g/mol. The minimum atomic E-state index is 0.553. The molecule has 1 aromatic carbocycles. The number of benzene rings is 1. The summed E-state index contributed by atoms with van der Waals surface area (Å²) in [5, 5.41) is 6.76. The molecule has 0 bridgehead atoms. The summed E-state index contributed by atoms with van der Waals surface area (Å²) in [4.78, 5) is 9.71. The molecule has 0 spiro atoms. The van der Waals surface area contributed by atoms with E-state index in [1.165, 1.54) is 13.1 Å². The van der Waals surface area contributed by atoms with Gasteiger partial charge in [0, 0.05) is 57.4 Å². The Balaban J connectivity index is 1.85. The first-order chi connectivity index (χ1) is 13.2. The van der Waals surface area contributed by atoms with Gasteiger partial charge in [-0.3, -0.25) is 4.90 Å². The van der Waals surface area contributed by atoms with Crippen LogP contribution in [0.5, 0.6) is 11.5 Å². The van der Waals surface area contributed by atoms with Crippen LogP contribution in [0.3, 0.4) is 0 Å². The van der Waals surface area contributed by atoms with Crippen LogP contribution in [0.15, 0.2) is 23.2 Å². The minimum absolute atomic E-state index is 0.553. The molecule has 1 aromatic rings. The number of nitrogens with one attached hydrogen (secondary N) is 2. The quantitative estimate of drug-likeness (QED) is 0.501. The Morgan fingerprint density at radius 3 is 2.41 bits per heavy atom. The summed E-state index contributed by atoms with van der Waals surface area (Å²) in [7, 11) is 3.33. The van der Waals surface area contributed by atoms with Crippen molar-refractivity contribution in [3.63, 3.8) is 0 Å². The van der Waals surface area contributed by atoms with Gasteiger partial charge in [-0.1, -0.05) is 6.92 Å². The third-order valence-corrected chi connectivity index (χ3v) is 4.88. The largest absolute Gasteiger partial charge is 0.497 e. The van der Waals surface area contributed by atoms with Crippen LogP contribution in [0.4, 0.5) is 0 Å². The lowest BCUT2D eigenvalue weighted by Gasteiger charge is -2.34. The summed E-state index contributed by atoms with van der Waals surface area (Å²) in [6.07, 6.45) is 0. The molecule has 27 heavy (non-hydrogen) atoms. The van der Waals surface area contributed by atoms with E-state index in [-0.39, 0.29) is 0 Å². The summed E-state index contributed by atoms with van der Waals surface area (Å²) in [5.41, 5.74) is 1.03. The highest BCUT2D eigenvalue weighted by Gasteiger charge is 2.14. The first kappa shape index (κ1) is 21.3. The van der Waals surface area contributed by atoms with Crippen molar-refractivity contribution in [3.8, 4) is 11.5 Å². The molecule has 1 aliphatic rings. The van der Waals surface area contributed by atoms with Gasteiger partial charge in [0.1, 0.15) is 11.5 Å². The van der Waals surface area contributed by atoms with E-state index in [0.717, 1.165) is 62.3 Å². The van der Waals surface area contributed by atoms with Gasteiger partial charge in [-0.05, 0) is 25.6 Å². The van der Waals surface area contributed by atoms with Gasteiger partial charge >= 0.3 is 0 Å². The smallest absolute Gasteiger partial charge is 0.191 e. The normalized spacial score (nSPS) is 16.2. The molecule has 0 unspecified atom stereocenters. The summed E-state index contributed by atoms with van der Waals surface area (Å²) in [6, 6.07) is 5.82. The van der Waals surface area contributed by atoms with E-state index < -0.39 is 0 Å². The first-order valence-electron chi connectivity index (χ1n) is 9.87. The molecule has 7 heteroatoms. The maximum atomic E-state index is 5.46. The summed E-state index contributed by atoms with van der Waals surface area (Å²) >= 11 is 0.